The van der Waals surface area contributed by atoms with Crippen LogP contribution in [0.3, 0.4) is 0 Å². The Kier molecular flexibility index (Phi) is 6.56. The van der Waals surface area contributed by atoms with Gasteiger partial charge < -0.3 is 9.47 Å². The number of hydrogen-bond donors (Lipinski definition) is 0. The number of rotatable bonds is 6. The van der Waals surface area contributed by atoms with E-state index in [9.17, 15) is 9.59 Å². The molecule has 0 aromatic heterocycles. The first-order chi connectivity index (χ1) is 9.79. The lowest BCUT2D eigenvalue weighted by atomic mass is 9.97. The van der Waals surface area contributed by atoms with Crippen LogP contribution in [0.15, 0.2) is 30.3 Å². The molecule has 0 unspecified atom stereocenters. The molecule has 4 nitrogen and oxygen atoms in total. The lowest BCUT2D eigenvalue weighted by Crippen LogP contribution is -2.27. The SMILES string of the molecule is C[C@@H](COCc1ccccc1)CC(=O)OC(=O)C(C)(C)C. The van der Waals surface area contributed by atoms with Gasteiger partial charge in [0.2, 0.25) is 0 Å². The lowest BCUT2D eigenvalue weighted by molar-refractivity contribution is -0.166. The highest BCUT2D eigenvalue weighted by molar-refractivity contribution is 5.88. The molecule has 4 heteroatoms. The van der Waals surface area contributed by atoms with Crippen LogP contribution in [0.4, 0.5) is 0 Å². The van der Waals surface area contributed by atoms with E-state index in [1.165, 1.54) is 0 Å². The summed E-state index contributed by atoms with van der Waals surface area (Å²) >= 11 is 0. The Hall–Kier alpha value is -1.68. The normalized spacial score (nSPS) is 12.8. The molecule has 1 rings (SSSR count). The number of carbonyl (C=O) groups is 2. The minimum absolute atomic E-state index is 0.00832. The van der Waals surface area contributed by atoms with Crippen molar-refractivity contribution in [1.29, 1.82) is 0 Å². The molecule has 1 aromatic rings. The minimum atomic E-state index is -0.664. The Labute approximate surface area is 126 Å². The van der Waals surface area contributed by atoms with Gasteiger partial charge in [0.1, 0.15) is 0 Å². The molecule has 0 aliphatic heterocycles. The van der Waals surface area contributed by atoms with E-state index >= 15 is 0 Å². The molecular weight excluding hydrogens is 268 g/mol. The van der Waals surface area contributed by atoms with E-state index in [4.69, 9.17) is 9.47 Å². The van der Waals surface area contributed by atoms with Crippen molar-refractivity contribution in [2.75, 3.05) is 6.61 Å². The van der Waals surface area contributed by atoms with Crippen molar-refractivity contribution in [3.8, 4) is 0 Å². The maximum absolute atomic E-state index is 11.6. The van der Waals surface area contributed by atoms with E-state index in [2.05, 4.69) is 0 Å². The van der Waals surface area contributed by atoms with Crippen LogP contribution < -0.4 is 0 Å². The van der Waals surface area contributed by atoms with Gasteiger partial charge in [0.05, 0.1) is 25.0 Å². The minimum Gasteiger partial charge on any atom is -0.393 e. The van der Waals surface area contributed by atoms with Gasteiger partial charge in [-0.15, -0.1) is 0 Å². The Bertz CT molecular complexity index is 459. The average molecular weight is 292 g/mol. The van der Waals surface area contributed by atoms with Gasteiger partial charge in [-0.05, 0) is 32.3 Å². The Morgan fingerprint density at radius 3 is 2.33 bits per heavy atom. The zero-order valence-corrected chi connectivity index (χ0v) is 13.2. The standard InChI is InChI=1S/C17H24O4/c1-13(10-15(18)21-16(19)17(2,3)4)11-20-12-14-8-6-5-7-9-14/h5-9,13H,10-12H2,1-4H3/t13-/m1/s1. The van der Waals surface area contributed by atoms with Crippen LogP contribution in [0.5, 0.6) is 0 Å². The number of hydrogen-bond acceptors (Lipinski definition) is 4. The summed E-state index contributed by atoms with van der Waals surface area (Å²) in [6.45, 7) is 8.02. The molecule has 1 atom stereocenters. The first-order valence-electron chi connectivity index (χ1n) is 7.16. The lowest BCUT2D eigenvalue weighted by Gasteiger charge is -2.16. The molecule has 1 aromatic carbocycles. The van der Waals surface area contributed by atoms with Crippen LogP contribution in [0.25, 0.3) is 0 Å². The number of carbonyl (C=O) groups excluding carboxylic acids is 2. The second-order valence-corrected chi connectivity index (χ2v) is 6.32. The predicted octanol–water partition coefficient (Wildman–Crippen LogP) is 3.35. The predicted molar refractivity (Wildman–Crippen MR) is 80.4 cm³/mol. The van der Waals surface area contributed by atoms with Crippen LogP contribution in [0.1, 0.15) is 39.7 Å². The van der Waals surface area contributed by atoms with Crippen molar-refractivity contribution in [1.82, 2.24) is 0 Å². The molecule has 0 N–H and O–H groups in total. The third-order valence-corrected chi connectivity index (χ3v) is 2.85. The maximum atomic E-state index is 11.6. The summed E-state index contributed by atoms with van der Waals surface area (Å²) in [4.78, 5) is 23.2. The zero-order valence-electron chi connectivity index (χ0n) is 13.2. The van der Waals surface area contributed by atoms with Crippen LogP contribution >= 0.6 is 0 Å². The topological polar surface area (TPSA) is 52.6 Å². The van der Waals surface area contributed by atoms with Crippen molar-refractivity contribution < 1.29 is 19.1 Å². The van der Waals surface area contributed by atoms with Gasteiger partial charge in [-0.2, -0.15) is 0 Å². The summed E-state index contributed by atoms with van der Waals surface area (Å²) in [6.07, 6.45) is 0.177. The molecule has 21 heavy (non-hydrogen) atoms. The second kappa shape index (κ2) is 7.93. The van der Waals surface area contributed by atoms with E-state index in [1.807, 2.05) is 37.3 Å². The molecule has 0 aliphatic rings. The molecule has 0 spiro atoms. The van der Waals surface area contributed by atoms with E-state index in [1.54, 1.807) is 20.8 Å². The van der Waals surface area contributed by atoms with E-state index in [-0.39, 0.29) is 12.3 Å². The smallest absolute Gasteiger partial charge is 0.318 e. The molecule has 0 saturated carbocycles. The Morgan fingerprint density at radius 2 is 1.76 bits per heavy atom. The van der Waals surface area contributed by atoms with Gasteiger partial charge in [-0.25, -0.2) is 0 Å². The molecular formula is C17H24O4. The summed E-state index contributed by atoms with van der Waals surface area (Å²) < 4.78 is 10.4. The fraction of sp³-hybridized carbons (Fsp3) is 0.529. The van der Waals surface area contributed by atoms with Crippen LogP contribution in [-0.2, 0) is 25.7 Å². The van der Waals surface area contributed by atoms with Gasteiger partial charge in [0.25, 0.3) is 0 Å². The van der Waals surface area contributed by atoms with Gasteiger partial charge in [0.15, 0.2) is 0 Å². The van der Waals surface area contributed by atoms with Gasteiger partial charge in [-0.3, -0.25) is 9.59 Å². The van der Waals surface area contributed by atoms with Crippen molar-refractivity contribution in [3.63, 3.8) is 0 Å². The Balaban J connectivity index is 2.25. The van der Waals surface area contributed by atoms with E-state index in [0.717, 1.165) is 5.56 Å². The molecule has 0 heterocycles. The van der Waals surface area contributed by atoms with Crippen molar-refractivity contribution in [3.05, 3.63) is 35.9 Å². The van der Waals surface area contributed by atoms with E-state index < -0.39 is 17.4 Å². The quantitative estimate of drug-likeness (QED) is 0.596. The summed E-state index contributed by atoms with van der Waals surface area (Å²) in [5.74, 6) is -0.982. The fourth-order valence-corrected chi connectivity index (χ4v) is 1.59. The first kappa shape index (κ1) is 17.4. The van der Waals surface area contributed by atoms with E-state index in [0.29, 0.717) is 13.2 Å². The summed E-state index contributed by atoms with van der Waals surface area (Å²) in [5, 5.41) is 0. The van der Waals surface area contributed by atoms with Crippen molar-refractivity contribution in [2.24, 2.45) is 11.3 Å². The number of benzene rings is 1. The average Bonchev–Trinajstić information content (AvgIpc) is 2.38. The molecule has 0 saturated heterocycles. The summed E-state index contributed by atoms with van der Waals surface area (Å²) in [5.41, 5.74) is 0.429. The highest BCUT2D eigenvalue weighted by Gasteiger charge is 2.26. The fourth-order valence-electron chi connectivity index (χ4n) is 1.59. The summed E-state index contributed by atoms with van der Waals surface area (Å²) in [6, 6.07) is 9.84. The third kappa shape index (κ3) is 7.04. The number of ether oxygens (including phenoxy) is 2. The maximum Gasteiger partial charge on any atom is 0.318 e. The third-order valence-electron chi connectivity index (χ3n) is 2.85. The Morgan fingerprint density at radius 1 is 1.14 bits per heavy atom. The van der Waals surface area contributed by atoms with Crippen molar-refractivity contribution in [2.45, 2.75) is 40.7 Å². The van der Waals surface area contributed by atoms with Gasteiger partial charge >= 0.3 is 11.9 Å². The van der Waals surface area contributed by atoms with Crippen molar-refractivity contribution >= 4 is 11.9 Å². The van der Waals surface area contributed by atoms with Crippen LogP contribution in [-0.4, -0.2) is 18.5 Å². The van der Waals surface area contributed by atoms with Gasteiger partial charge in [0, 0.05) is 0 Å². The van der Waals surface area contributed by atoms with Gasteiger partial charge in [-0.1, -0.05) is 37.3 Å². The highest BCUT2D eigenvalue weighted by Crippen LogP contribution is 2.16. The molecule has 0 aliphatic carbocycles. The zero-order chi connectivity index (χ0) is 15.9. The molecule has 0 radical (unpaired) electrons. The largest absolute Gasteiger partial charge is 0.393 e. The molecule has 0 amide bonds. The monoisotopic (exact) mass is 292 g/mol. The highest BCUT2D eigenvalue weighted by atomic mass is 16.6. The second-order valence-electron chi connectivity index (χ2n) is 6.32. The summed E-state index contributed by atoms with van der Waals surface area (Å²) in [7, 11) is 0. The molecule has 0 bridgehead atoms. The van der Waals surface area contributed by atoms with Crippen LogP contribution in [0, 0.1) is 11.3 Å². The molecule has 116 valence electrons. The number of esters is 2. The molecule has 0 fully saturated rings. The first-order valence-corrected chi connectivity index (χ1v) is 7.16. The van der Waals surface area contributed by atoms with Crippen LogP contribution in [0.2, 0.25) is 0 Å².